The number of benzene rings is 1. The summed E-state index contributed by atoms with van der Waals surface area (Å²) >= 11 is 1.03. The molecule has 0 bridgehead atoms. The number of hydrogen-bond donors (Lipinski definition) is 1. The SMILES string of the molecule is N/C(=N/N=Cc1ccco1)S[C@H]1CC(=O)N(c2ccccc2)C1=O. The largest absolute Gasteiger partial charge is 0.463 e. The first kappa shape index (κ1) is 16.0. The van der Waals surface area contributed by atoms with Crippen LogP contribution in [0.3, 0.4) is 0 Å². The number of carbonyl (C=O) groups excluding carboxylic acids is 2. The molecule has 1 atom stereocenters. The lowest BCUT2D eigenvalue weighted by atomic mass is 10.3. The highest BCUT2D eigenvalue weighted by atomic mass is 32.2. The maximum absolute atomic E-state index is 12.4. The van der Waals surface area contributed by atoms with Gasteiger partial charge in [-0.1, -0.05) is 30.0 Å². The molecule has 1 fully saturated rings. The summed E-state index contributed by atoms with van der Waals surface area (Å²) in [6, 6.07) is 12.2. The summed E-state index contributed by atoms with van der Waals surface area (Å²) in [6.07, 6.45) is 3.01. The van der Waals surface area contributed by atoms with E-state index in [1.165, 1.54) is 17.4 Å². The summed E-state index contributed by atoms with van der Waals surface area (Å²) in [5, 5.41) is 7.11. The first-order chi connectivity index (χ1) is 11.6. The maximum atomic E-state index is 12.4. The molecule has 1 saturated heterocycles. The predicted molar refractivity (Wildman–Crippen MR) is 92.9 cm³/mol. The minimum atomic E-state index is -0.597. The third kappa shape index (κ3) is 3.54. The molecular formula is C16H14N4O3S. The van der Waals surface area contributed by atoms with E-state index in [2.05, 4.69) is 10.2 Å². The average molecular weight is 342 g/mol. The van der Waals surface area contributed by atoms with Crippen LogP contribution in [0, 0.1) is 0 Å². The van der Waals surface area contributed by atoms with E-state index < -0.39 is 5.25 Å². The van der Waals surface area contributed by atoms with E-state index in [1.807, 2.05) is 6.07 Å². The molecule has 1 aliphatic rings. The lowest BCUT2D eigenvalue weighted by Crippen LogP contribution is -2.31. The molecule has 0 unspecified atom stereocenters. The lowest BCUT2D eigenvalue weighted by molar-refractivity contribution is -0.121. The molecule has 1 aromatic heterocycles. The van der Waals surface area contributed by atoms with Crippen molar-refractivity contribution < 1.29 is 14.0 Å². The highest BCUT2D eigenvalue weighted by Gasteiger charge is 2.40. The van der Waals surface area contributed by atoms with Crippen LogP contribution in [0.2, 0.25) is 0 Å². The summed E-state index contributed by atoms with van der Waals surface area (Å²) in [6.45, 7) is 0. The van der Waals surface area contributed by atoms with Gasteiger partial charge in [-0.05, 0) is 24.3 Å². The van der Waals surface area contributed by atoms with Crippen LogP contribution >= 0.6 is 11.8 Å². The van der Waals surface area contributed by atoms with Crippen molar-refractivity contribution in [2.24, 2.45) is 15.9 Å². The van der Waals surface area contributed by atoms with Gasteiger partial charge < -0.3 is 10.2 Å². The van der Waals surface area contributed by atoms with Crippen molar-refractivity contribution in [1.29, 1.82) is 0 Å². The van der Waals surface area contributed by atoms with Crippen LogP contribution in [0.4, 0.5) is 5.69 Å². The Morgan fingerprint density at radius 1 is 1.25 bits per heavy atom. The van der Waals surface area contributed by atoms with Crippen LogP contribution in [-0.2, 0) is 9.59 Å². The minimum Gasteiger partial charge on any atom is -0.463 e. The lowest BCUT2D eigenvalue weighted by Gasteiger charge is -2.14. The second-order valence-corrected chi connectivity index (χ2v) is 6.13. The third-order valence-corrected chi connectivity index (χ3v) is 4.24. The Morgan fingerprint density at radius 2 is 2.04 bits per heavy atom. The van der Waals surface area contributed by atoms with E-state index in [0.29, 0.717) is 11.4 Å². The van der Waals surface area contributed by atoms with Gasteiger partial charge in [-0.15, -0.1) is 5.10 Å². The van der Waals surface area contributed by atoms with Crippen LogP contribution in [0.5, 0.6) is 0 Å². The Kier molecular flexibility index (Phi) is 4.76. The molecule has 0 spiro atoms. The minimum absolute atomic E-state index is 0.0799. The second-order valence-electron chi connectivity index (χ2n) is 4.91. The van der Waals surface area contributed by atoms with Gasteiger partial charge in [0.1, 0.15) is 11.0 Å². The number of anilines is 1. The molecule has 0 radical (unpaired) electrons. The summed E-state index contributed by atoms with van der Waals surface area (Å²) in [4.78, 5) is 25.7. The molecule has 8 heteroatoms. The van der Waals surface area contributed by atoms with Crippen molar-refractivity contribution in [1.82, 2.24) is 0 Å². The van der Waals surface area contributed by atoms with Gasteiger partial charge in [0.05, 0.1) is 18.2 Å². The fourth-order valence-corrected chi connectivity index (χ4v) is 3.04. The number of thioether (sulfide) groups is 1. The fourth-order valence-electron chi connectivity index (χ4n) is 2.22. The topological polar surface area (TPSA) is 101 Å². The van der Waals surface area contributed by atoms with Gasteiger partial charge in [-0.3, -0.25) is 9.59 Å². The number of amides is 2. The number of para-hydroxylation sites is 1. The van der Waals surface area contributed by atoms with Crippen molar-refractivity contribution in [3.05, 3.63) is 54.5 Å². The van der Waals surface area contributed by atoms with E-state index >= 15 is 0 Å². The van der Waals surface area contributed by atoms with Crippen LogP contribution in [0.25, 0.3) is 0 Å². The molecular weight excluding hydrogens is 328 g/mol. The van der Waals surface area contributed by atoms with Gasteiger partial charge in [-0.2, -0.15) is 5.10 Å². The van der Waals surface area contributed by atoms with E-state index in [-0.39, 0.29) is 23.4 Å². The number of imide groups is 1. The Bertz CT molecular complexity index is 787. The summed E-state index contributed by atoms with van der Waals surface area (Å²) in [5.74, 6) is -0.0149. The van der Waals surface area contributed by atoms with E-state index in [1.54, 1.807) is 36.4 Å². The van der Waals surface area contributed by atoms with Crippen LogP contribution in [0.15, 0.2) is 63.3 Å². The predicted octanol–water partition coefficient (Wildman–Crippen LogP) is 1.99. The highest BCUT2D eigenvalue weighted by molar-refractivity contribution is 8.14. The Labute approximate surface area is 142 Å². The average Bonchev–Trinajstić information content (AvgIpc) is 3.17. The molecule has 24 heavy (non-hydrogen) atoms. The normalized spacial score (nSPS) is 18.8. The quantitative estimate of drug-likeness (QED) is 0.396. The van der Waals surface area contributed by atoms with Crippen molar-refractivity contribution >= 4 is 40.6 Å². The van der Waals surface area contributed by atoms with E-state index in [0.717, 1.165) is 11.8 Å². The number of hydrogen-bond acceptors (Lipinski definition) is 6. The molecule has 1 aliphatic heterocycles. The fraction of sp³-hybridized carbons (Fsp3) is 0.125. The van der Waals surface area contributed by atoms with Gasteiger partial charge in [-0.25, -0.2) is 4.90 Å². The number of nitrogens with zero attached hydrogens (tertiary/aromatic N) is 3. The smallest absolute Gasteiger partial charge is 0.247 e. The number of nitrogens with two attached hydrogens (primary N) is 1. The summed E-state index contributed by atoms with van der Waals surface area (Å²) in [5.41, 5.74) is 6.33. The van der Waals surface area contributed by atoms with Crippen molar-refractivity contribution in [2.75, 3.05) is 4.90 Å². The Hall–Kier alpha value is -2.87. The number of rotatable bonds is 4. The standard InChI is InChI=1S/C16H14N4O3S/c17-16(19-18-10-12-7-4-8-23-12)24-13-9-14(21)20(15(13)22)11-5-2-1-3-6-11/h1-8,10,13H,9H2,(H2,17,19)/t13-/m0/s1. The zero-order valence-corrected chi connectivity index (χ0v) is 13.3. The molecule has 0 aliphatic carbocycles. The van der Waals surface area contributed by atoms with Crippen molar-refractivity contribution in [2.45, 2.75) is 11.7 Å². The van der Waals surface area contributed by atoms with Gasteiger partial charge in [0.15, 0.2) is 5.17 Å². The maximum Gasteiger partial charge on any atom is 0.247 e. The Morgan fingerprint density at radius 3 is 2.75 bits per heavy atom. The van der Waals surface area contributed by atoms with Gasteiger partial charge >= 0.3 is 0 Å². The molecule has 1 aromatic carbocycles. The number of amidine groups is 1. The first-order valence-electron chi connectivity index (χ1n) is 7.13. The van der Waals surface area contributed by atoms with Crippen LogP contribution < -0.4 is 10.6 Å². The van der Waals surface area contributed by atoms with Crippen LogP contribution in [0.1, 0.15) is 12.2 Å². The molecule has 0 saturated carbocycles. The van der Waals surface area contributed by atoms with Gasteiger partial charge in [0.2, 0.25) is 11.8 Å². The number of carbonyl (C=O) groups is 2. The van der Waals surface area contributed by atoms with Gasteiger partial charge in [0, 0.05) is 6.42 Å². The highest BCUT2D eigenvalue weighted by Crippen LogP contribution is 2.29. The molecule has 2 N–H and O–H groups in total. The third-order valence-electron chi connectivity index (χ3n) is 3.27. The molecule has 2 aromatic rings. The molecule has 3 rings (SSSR count). The molecule has 122 valence electrons. The Balaban J connectivity index is 1.65. The zero-order chi connectivity index (χ0) is 16.9. The zero-order valence-electron chi connectivity index (χ0n) is 12.5. The van der Waals surface area contributed by atoms with Crippen molar-refractivity contribution in [3.8, 4) is 0 Å². The van der Waals surface area contributed by atoms with Gasteiger partial charge in [0.25, 0.3) is 0 Å². The van der Waals surface area contributed by atoms with E-state index in [4.69, 9.17) is 10.2 Å². The summed E-state index contributed by atoms with van der Waals surface area (Å²) < 4.78 is 5.07. The molecule has 7 nitrogen and oxygen atoms in total. The van der Waals surface area contributed by atoms with Crippen molar-refractivity contribution in [3.63, 3.8) is 0 Å². The monoisotopic (exact) mass is 342 g/mol. The van der Waals surface area contributed by atoms with Crippen LogP contribution in [-0.4, -0.2) is 28.4 Å². The molecule has 2 heterocycles. The van der Waals surface area contributed by atoms with E-state index in [9.17, 15) is 9.59 Å². The number of furan rings is 1. The second kappa shape index (κ2) is 7.14. The summed E-state index contributed by atoms with van der Waals surface area (Å²) in [7, 11) is 0. The first-order valence-corrected chi connectivity index (χ1v) is 8.01. The molecule has 2 amide bonds.